The third kappa shape index (κ3) is 2.73. The van der Waals surface area contributed by atoms with Crippen LogP contribution in [-0.4, -0.2) is 9.55 Å². The molecule has 3 nitrogen and oxygen atoms in total. The van der Waals surface area contributed by atoms with Crippen molar-refractivity contribution in [3.63, 3.8) is 0 Å². The molecule has 0 radical (unpaired) electrons. The van der Waals surface area contributed by atoms with Crippen LogP contribution in [0.4, 0.5) is 0 Å². The van der Waals surface area contributed by atoms with E-state index in [1.54, 1.807) is 0 Å². The van der Waals surface area contributed by atoms with Gasteiger partial charge in [0, 0.05) is 12.0 Å². The summed E-state index contributed by atoms with van der Waals surface area (Å²) in [5.74, 6) is 2.76. The molecule has 3 heteroatoms. The van der Waals surface area contributed by atoms with Crippen molar-refractivity contribution in [3.8, 4) is 50.6 Å². The van der Waals surface area contributed by atoms with Gasteiger partial charge < -0.3 is 4.74 Å². The van der Waals surface area contributed by atoms with E-state index >= 15 is 0 Å². The number of imidazole rings is 1. The van der Waals surface area contributed by atoms with Gasteiger partial charge in [0.05, 0.1) is 16.6 Å². The lowest BCUT2D eigenvalue weighted by Crippen LogP contribution is -2.25. The average molecular weight is 551 g/mol. The van der Waals surface area contributed by atoms with Crippen molar-refractivity contribution < 1.29 is 4.74 Å². The van der Waals surface area contributed by atoms with Crippen LogP contribution in [-0.2, 0) is 11.8 Å². The molecule has 43 heavy (non-hydrogen) atoms. The van der Waals surface area contributed by atoms with Gasteiger partial charge in [0.2, 0.25) is 0 Å². The van der Waals surface area contributed by atoms with Crippen LogP contribution in [0.2, 0.25) is 0 Å². The van der Waals surface area contributed by atoms with E-state index in [0.29, 0.717) is 0 Å². The van der Waals surface area contributed by atoms with Gasteiger partial charge in [-0.3, -0.25) is 4.57 Å². The quantitative estimate of drug-likeness (QED) is 0.214. The summed E-state index contributed by atoms with van der Waals surface area (Å²) in [6.07, 6.45) is 0.831. The van der Waals surface area contributed by atoms with Gasteiger partial charge in [0.25, 0.3) is 0 Å². The largest absolute Gasteiger partial charge is 0.453 e. The lowest BCUT2D eigenvalue weighted by Gasteiger charge is -2.31. The summed E-state index contributed by atoms with van der Waals surface area (Å²) in [4.78, 5) is 5.01. The van der Waals surface area contributed by atoms with Crippen LogP contribution in [0.5, 0.6) is 11.5 Å². The lowest BCUT2D eigenvalue weighted by atomic mass is 9.70. The smallest absolute Gasteiger partial charge is 0.153 e. The minimum atomic E-state index is -0.371. The van der Waals surface area contributed by atoms with Crippen LogP contribution >= 0.6 is 0 Å². The minimum absolute atomic E-state index is 0.371. The average Bonchev–Trinajstić information content (AvgIpc) is 3.69. The summed E-state index contributed by atoms with van der Waals surface area (Å²) in [6.45, 7) is 2.17. The molecule has 7 aromatic rings. The molecular weight excluding hydrogens is 524 g/mol. The Bertz CT molecular complexity index is 2260. The summed E-state index contributed by atoms with van der Waals surface area (Å²) in [6, 6.07) is 46.6. The number of para-hydroxylation sites is 2. The van der Waals surface area contributed by atoms with Crippen LogP contribution in [0.1, 0.15) is 35.0 Å². The molecule has 0 saturated heterocycles. The van der Waals surface area contributed by atoms with Crippen LogP contribution < -0.4 is 4.74 Å². The molecule has 2 heterocycles. The lowest BCUT2D eigenvalue weighted by molar-refractivity contribution is 0.474. The molecule has 1 aliphatic heterocycles. The van der Waals surface area contributed by atoms with Gasteiger partial charge in [0.1, 0.15) is 11.3 Å². The second kappa shape index (κ2) is 8.11. The van der Waals surface area contributed by atoms with Crippen LogP contribution in [0.15, 0.2) is 127 Å². The van der Waals surface area contributed by atoms with E-state index in [-0.39, 0.29) is 5.41 Å². The molecular formula is C40H26N2O. The van der Waals surface area contributed by atoms with Crippen molar-refractivity contribution in [3.05, 3.63) is 155 Å². The van der Waals surface area contributed by atoms with E-state index in [1.807, 2.05) is 12.1 Å². The van der Waals surface area contributed by atoms with Crippen molar-refractivity contribution in [1.82, 2.24) is 9.55 Å². The Morgan fingerprint density at radius 1 is 0.581 bits per heavy atom. The fraction of sp³-hybridized carbons (Fsp3) is 0.0750. The third-order valence-electron chi connectivity index (χ3n) is 9.78. The van der Waals surface area contributed by atoms with Gasteiger partial charge in [-0.1, -0.05) is 110 Å². The molecule has 6 aromatic carbocycles. The zero-order valence-corrected chi connectivity index (χ0v) is 23.6. The zero-order valence-electron chi connectivity index (χ0n) is 23.6. The van der Waals surface area contributed by atoms with E-state index < -0.39 is 0 Å². The molecule has 0 atom stereocenters. The Morgan fingerprint density at radius 3 is 1.84 bits per heavy atom. The highest BCUT2D eigenvalue weighted by Crippen LogP contribution is 2.63. The summed E-state index contributed by atoms with van der Waals surface area (Å²) < 4.78 is 8.87. The van der Waals surface area contributed by atoms with Gasteiger partial charge in [-0.2, -0.15) is 0 Å². The minimum Gasteiger partial charge on any atom is -0.453 e. The molecule has 0 fully saturated rings. The Balaban J connectivity index is 1.29. The normalized spacial score (nSPS) is 14.2. The molecule has 0 N–H and O–H groups in total. The molecule has 1 spiro atoms. The Morgan fingerprint density at radius 2 is 1.16 bits per heavy atom. The SMILES string of the molecule is CCc1nc2cccc3c2n1-c1c(cccc1-c1ccc2c(c1)C1(c4ccccc4-c4ccccc41)c1ccccc1-2)O3. The molecule has 0 saturated carbocycles. The first-order chi connectivity index (χ1) is 21.3. The van der Waals surface area contributed by atoms with Crippen molar-refractivity contribution in [2.45, 2.75) is 18.8 Å². The predicted octanol–water partition coefficient (Wildman–Crippen LogP) is 9.70. The van der Waals surface area contributed by atoms with E-state index in [1.165, 1.54) is 50.1 Å². The molecule has 0 bridgehead atoms. The number of rotatable bonds is 2. The van der Waals surface area contributed by atoms with Gasteiger partial charge in [-0.15, -0.1) is 0 Å². The monoisotopic (exact) mass is 550 g/mol. The summed E-state index contributed by atoms with van der Waals surface area (Å²) in [5.41, 5.74) is 15.7. The number of hydrogen-bond donors (Lipinski definition) is 0. The van der Waals surface area contributed by atoms with Crippen molar-refractivity contribution in [2.75, 3.05) is 0 Å². The van der Waals surface area contributed by atoms with E-state index in [0.717, 1.165) is 46.0 Å². The highest BCUT2D eigenvalue weighted by Gasteiger charge is 2.51. The van der Waals surface area contributed by atoms with E-state index in [2.05, 4.69) is 127 Å². The van der Waals surface area contributed by atoms with Crippen molar-refractivity contribution >= 4 is 11.0 Å². The van der Waals surface area contributed by atoms with Gasteiger partial charge in [-0.05, 0) is 74.3 Å². The van der Waals surface area contributed by atoms with E-state index in [9.17, 15) is 0 Å². The number of fused-ring (bicyclic) bond motifs is 12. The summed E-state index contributed by atoms with van der Waals surface area (Å²) >= 11 is 0. The zero-order chi connectivity index (χ0) is 28.3. The number of nitrogens with zero attached hydrogens (tertiary/aromatic N) is 2. The molecule has 1 aromatic heterocycles. The first-order valence-electron chi connectivity index (χ1n) is 15.0. The highest BCUT2D eigenvalue weighted by atomic mass is 16.5. The fourth-order valence-electron chi connectivity index (χ4n) is 8.15. The maximum absolute atomic E-state index is 6.54. The maximum Gasteiger partial charge on any atom is 0.153 e. The van der Waals surface area contributed by atoms with Crippen LogP contribution in [0.3, 0.4) is 0 Å². The topological polar surface area (TPSA) is 27.1 Å². The number of benzene rings is 6. The van der Waals surface area contributed by atoms with Gasteiger partial charge >= 0.3 is 0 Å². The molecule has 0 amide bonds. The van der Waals surface area contributed by atoms with Crippen LogP contribution in [0, 0.1) is 0 Å². The molecule has 10 rings (SSSR count). The highest BCUT2D eigenvalue weighted by molar-refractivity contribution is 5.97. The first kappa shape index (κ1) is 23.2. The number of aromatic nitrogens is 2. The standard InChI is InChI=1S/C40H26N2O/c1-2-37-41-34-18-10-20-36-39(34)42(37)38-25(14-9-19-35(38)43-36)24-21-22-29-28-13-5-8-17-32(28)40(33(29)23-24)30-15-6-3-11-26(30)27-12-4-7-16-31(27)40/h3-23H,2H2,1H3. The van der Waals surface area contributed by atoms with Gasteiger partial charge in [-0.25, -0.2) is 4.98 Å². The Labute approximate surface area is 249 Å². The Hall–Kier alpha value is -5.41. The number of hydrogen-bond acceptors (Lipinski definition) is 2. The molecule has 2 aliphatic carbocycles. The first-order valence-corrected chi connectivity index (χ1v) is 15.0. The fourth-order valence-corrected chi connectivity index (χ4v) is 8.15. The maximum atomic E-state index is 6.54. The number of aryl methyl sites for hydroxylation is 1. The second-order valence-electron chi connectivity index (χ2n) is 11.7. The van der Waals surface area contributed by atoms with E-state index in [4.69, 9.17) is 9.72 Å². The molecule has 202 valence electrons. The van der Waals surface area contributed by atoms with Crippen molar-refractivity contribution in [1.29, 1.82) is 0 Å². The molecule has 0 unspecified atom stereocenters. The second-order valence-corrected chi connectivity index (χ2v) is 11.7. The summed E-state index contributed by atoms with van der Waals surface area (Å²) in [7, 11) is 0. The van der Waals surface area contributed by atoms with Crippen LogP contribution in [0.25, 0.3) is 50.1 Å². The number of ether oxygens (including phenoxy) is 1. The summed E-state index contributed by atoms with van der Waals surface area (Å²) in [5, 5.41) is 0. The Kier molecular flexibility index (Phi) is 4.37. The third-order valence-corrected chi connectivity index (χ3v) is 9.78. The van der Waals surface area contributed by atoms with Crippen molar-refractivity contribution in [2.24, 2.45) is 0 Å². The molecule has 3 aliphatic rings. The van der Waals surface area contributed by atoms with Gasteiger partial charge in [0.15, 0.2) is 11.5 Å². The predicted molar refractivity (Wildman–Crippen MR) is 172 cm³/mol.